The number of amides is 1. The van der Waals surface area contributed by atoms with Crippen molar-refractivity contribution in [1.29, 1.82) is 0 Å². The van der Waals surface area contributed by atoms with E-state index in [9.17, 15) is 19.8 Å². The van der Waals surface area contributed by atoms with Gasteiger partial charge in [-0.1, -0.05) is 18.5 Å². The Morgan fingerprint density at radius 2 is 2.00 bits per heavy atom. The van der Waals surface area contributed by atoms with Crippen LogP contribution >= 0.6 is 11.8 Å². The van der Waals surface area contributed by atoms with Crippen LogP contribution in [-0.4, -0.2) is 87.9 Å². The van der Waals surface area contributed by atoms with Crippen LogP contribution in [0, 0.1) is 5.92 Å². The van der Waals surface area contributed by atoms with Gasteiger partial charge in [0.15, 0.2) is 11.9 Å². The molecule has 43 heavy (non-hydrogen) atoms. The summed E-state index contributed by atoms with van der Waals surface area (Å²) in [7, 11) is 0. The molecule has 5 rings (SSSR count). The van der Waals surface area contributed by atoms with Crippen LogP contribution < -0.4 is 15.7 Å². The van der Waals surface area contributed by atoms with Crippen LogP contribution in [0.2, 0.25) is 0 Å². The molecule has 238 valence electrons. The smallest absolute Gasteiger partial charge is 0.339 e. The summed E-state index contributed by atoms with van der Waals surface area (Å²) in [6, 6.07) is 2.47. The van der Waals surface area contributed by atoms with Gasteiger partial charge in [-0.3, -0.25) is 9.79 Å². The maximum Gasteiger partial charge on any atom is 0.339 e. The molecule has 1 aromatic rings. The van der Waals surface area contributed by atoms with Gasteiger partial charge >= 0.3 is 5.63 Å². The quantitative estimate of drug-likeness (QED) is 0.231. The Hall–Kier alpha value is -2.49. The minimum Gasteiger partial charge on any atom is -0.493 e. The van der Waals surface area contributed by atoms with Crippen LogP contribution in [0.15, 0.2) is 31.5 Å². The first-order valence-electron chi connectivity index (χ1n) is 14.7. The predicted octanol–water partition coefficient (Wildman–Crippen LogP) is 2.28. The van der Waals surface area contributed by atoms with E-state index in [1.165, 1.54) is 17.8 Å². The van der Waals surface area contributed by atoms with E-state index in [0.29, 0.717) is 47.0 Å². The van der Waals surface area contributed by atoms with E-state index in [-0.39, 0.29) is 5.91 Å². The molecule has 0 spiro atoms. The fourth-order valence-electron chi connectivity index (χ4n) is 5.15. The molecule has 1 aliphatic carbocycles. The maximum absolute atomic E-state index is 13.5. The molecule has 4 aliphatic rings. The number of thioether (sulfide) groups is 1. The molecular weight excluding hydrogens is 582 g/mol. The van der Waals surface area contributed by atoms with Crippen molar-refractivity contribution in [1.82, 2.24) is 5.32 Å². The second kappa shape index (κ2) is 12.9. The number of hydrogen-bond acceptors (Lipinski definition) is 13. The molecule has 1 unspecified atom stereocenters. The third-order valence-electron chi connectivity index (χ3n) is 7.74. The number of carbonyl (C=O) groups excluding carboxylic acids is 1. The first-order valence-corrected chi connectivity index (χ1v) is 15.7. The van der Waals surface area contributed by atoms with Crippen molar-refractivity contribution >= 4 is 28.4 Å². The third kappa shape index (κ3) is 7.43. The van der Waals surface area contributed by atoms with Crippen molar-refractivity contribution in [2.45, 2.75) is 108 Å². The zero-order valence-electron chi connectivity index (χ0n) is 25.1. The summed E-state index contributed by atoms with van der Waals surface area (Å²) in [4.78, 5) is 36.1. The summed E-state index contributed by atoms with van der Waals surface area (Å²) in [6.07, 6.45) is -1.05. The highest BCUT2D eigenvalue weighted by Gasteiger charge is 2.56. The molecule has 14 heteroatoms. The minimum atomic E-state index is -1.10. The second-order valence-electron chi connectivity index (χ2n) is 12.1. The Kier molecular flexibility index (Phi) is 9.54. The number of aliphatic hydroxyl groups excluding tert-OH is 2. The van der Waals surface area contributed by atoms with Gasteiger partial charge in [-0.25, -0.2) is 4.79 Å². The normalized spacial score (nSPS) is 32.6. The second-order valence-corrected chi connectivity index (χ2v) is 13.1. The third-order valence-corrected chi connectivity index (χ3v) is 9.11. The number of ether oxygens (including phenoxy) is 4. The van der Waals surface area contributed by atoms with Crippen LogP contribution in [0.3, 0.4) is 0 Å². The number of oxime groups is 1. The van der Waals surface area contributed by atoms with Crippen LogP contribution in [0.4, 0.5) is 0 Å². The van der Waals surface area contributed by atoms with Crippen molar-refractivity contribution in [3.05, 3.63) is 28.3 Å². The monoisotopic (exact) mass is 623 g/mol. The van der Waals surface area contributed by atoms with E-state index in [4.69, 9.17) is 28.2 Å². The van der Waals surface area contributed by atoms with E-state index in [2.05, 4.69) is 15.5 Å². The van der Waals surface area contributed by atoms with Gasteiger partial charge < -0.3 is 43.7 Å². The molecule has 2 saturated heterocycles. The largest absolute Gasteiger partial charge is 0.493 e. The number of nitrogens with one attached hydrogen (secondary N) is 1. The molecular formula is C29H41N3O10S. The standard InChI is InChI=1S/C29H41N3O10S/c1-6-7-18(19-10-17(11-21(34)38-19)37-13-16-8-9-16)30-27(36)29(5)14-43-25(31-29)15(2)32-42-26-24-23(40-28(3,4)41-24)22(35)20(12-33)39-26/h10-11,16,18,20,22-24,26,33,35H,6-9,12-14H2,1-5H3,(H,30,36)/b32-15+/t18-,20-,22-,23+,24?,26-,29+/m1/s1. The number of nitrogens with zero attached hydrogens (tertiary/aromatic N) is 2. The number of carbonyl (C=O) groups is 1. The van der Waals surface area contributed by atoms with E-state index in [1.807, 2.05) is 6.92 Å². The lowest BCUT2D eigenvalue weighted by Gasteiger charge is -2.37. The molecule has 0 radical (unpaired) electrons. The lowest BCUT2D eigenvalue weighted by atomic mass is 9.99. The Morgan fingerprint density at radius 1 is 1.26 bits per heavy atom. The van der Waals surface area contributed by atoms with E-state index in [0.717, 1.165) is 19.3 Å². The van der Waals surface area contributed by atoms with Crippen LogP contribution in [0.1, 0.15) is 72.1 Å². The summed E-state index contributed by atoms with van der Waals surface area (Å²) >= 11 is 1.36. The minimum absolute atomic E-state index is 0.314. The van der Waals surface area contributed by atoms with Gasteiger partial charge in [-0.2, -0.15) is 0 Å². The van der Waals surface area contributed by atoms with Crippen molar-refractivity contribution in [2.75, 3.05) is 19.0 Å². The van der Waals surface area contributed by atoms with Gasteiger partial charge in [0.1, 0.15) is 46.1 Å². The van der Waals surface area contributed by atoms with E-state index >= 15 is 0 Å². The molecule has 3 fully saturated rings. The maximum atomic E-state index is 13.5. The summed E-state index contributed by atoms with van der Waals surface area (Å²) in [5.74, 6) is 0.384. The van der Waals surface area contributed by atoms with Gasteiger partial charge in [-0.05, 0) is 52.9 Å². The van der Waals surface area contributed by atoms with Gasteiger partial charge in [0.25, 0.3) is 6.29 Å². The molecule has 1 amide bonds. The zero-order chi connectivity index (χ0) is 30.9. The molecule has 3 aliphatic heterocycles. The summed E-state index contributed by atoms with van der Waals surface area (Å²) in [6.45, 7) is 8.97. The highest BCUT2D eigenvalue weighted by Crippen LogP contribution is 2.38. The van der Waals surface area contributed by atoms with Crippen molar-refractivity contribution in [3.8, 4) is 5.75 Å². The number of aliphatic imine (C=N–C) groups is 1. The highest BCUT2D eigenvalue weighted by molar-refractivity contribution is 8.16. The lowest BCUT2D eigenvalue weighted by molar-refractivity contribution is -0.280. The Morgan fingerprint density at radius 3 is 2.70 bits per heavy atom. The van der Waals surface area contributed by atoms with E-state index in [1.54, 1.807) is 33.8 Å². The zero-order valence-corrected chi connectivity index (χ0v) is 25.9. The first-order chi connectivity index (χ1) is 20.4. The SMILES string of the molecule is CCC[C@@H](NC(=O)[C@]1(C)CSC(/C(C)=N/O[C@H]2O[C@H](CO)[C@@H](O)[C@@H]3OC(C)(C)OC23)=N1)c1cc(OCC2CC2)cc(=O)o1. The molecule has 4 heterocycles. The molecule has 0 bridgehead atoms. The average molecular weight is 624 g/mol. The number of rotatable bonds is 12. The van der Waals surface area contributed by atoms with E-state index < -0.39 is 60.3 Å². The van der Waals surface area contributed by atoms with Crippen molar-refractivity contribution in [3.63, 3.8) is 0 Å². The Labute approximate surface area is 254 Å². The summed E-state index contributed by atoms with van der Waals surface area (Å²) < 4.78 is 28.7. The van der Waals surface area contributed by atoms with Crippen molar-refractivity contribution in [2.24, 2.45) is 16.1 Å². The molecule has 1 saturated carbocycles. The number of hydrogen-bond donors (Lipinski definition) is 3. The van der Waals surface area contributed by atoms with Gasteiger partial charge in [0.05, 0.1) is 25.3 Å². The molecule has 7 atom stereocenters. The van der Waals surface area contributed by atoms with Gasteiger partial charge in [0, 0.05) is 11.8 Å². The average Bonchev–Trinajstić information content (AvgIpc) is 3.61. The molecule has 13 nitrogen and oxygen atoms in total. The fraction of sp³-hybridized carbons (Fsp3) is 0.724. The highest BCUT2D eigenvalue weighted by atomic mass is 32.2. The molecule has 0 aromatic carbocycles. The Bertz CT molecular complexity index is 1300. The van der Waals surface area contributed by atoms with Crippen molar-refractivity contribution < 1.29 is 43.2 Å². The number of aliphatic hydroxyl groups is 2. The summed E-state index contributed by atoms with van der Waals surface area (Å²) in [5.41, 5.74) is -1.21. The molecule has 1 aromatic heterocycles. The molecule has 3 N–H and O–H groups in total. The fourth-order valence-corrected chi connectivity index (χ4v) is 6.28. The van der Waals surface area contributed by atoms with Gasteiger partial charge in [-0.15, -0.1) is 11.8 Å². The van der Waals surface area contributed by atoms with Crippen LogP contribution in [-0.2, 0) is 23.8 Å². The topological polar surface area (TPSA) is 171 Å². The first kappa shape index (κ1) is 31.9. The van der Waals surface area contributed by atoms with Gasteiger partial charge in [0.2, 0.25) is 5.91 Å². The van der Waals surface area contributed by atoms with Crippen LogP contribution in [0.25, 0.3) is 0 Å². The predicted molar refractivity (Wildman–Crippen MR) is 157 cm³/mol. The lowest BCUT2D eigenvalue weighted by Crippen LogP contribution is -2.57. The summed E-state index contributed by atoms with van der Waals surface area (Å²) in [5, 5.41) is 27.9. The Balaban J connectivity index is 1.26. The van der Waals surface area contributed by atoms with Crippen LogP contribution in [0.5, 0.6) is 5.75 Å². The number of fused-ring (bicyclic) bond motifs is 1.